The standard InChI is InChI=1S/C17H20N2O2/c18-9-16(12-4-2-1-3-5-12)19-17(20)13-6-7-14-10-21-11-15(14)8-13/h6-8,12,16H,1-5,10-11H2,(H,19,20). The zero-order valence-corrected chi connectivity index (χ0v) is 12.1. The summed E-state index contributed by atoms with van der Waals surface area (Å²) in [4.78, 5) is 12.4. The van der Waals surface area contributed by atoms with E-state index < -0.39 is 0 Å². The maximum absolute atomic E-state index is 12.4. The minimum atomic E-state index is -0.373. The monoisotopic (exact) mass is 284 g/mol. The fourth-order valence-electron chi connectivity index (χ4n) is 3.26. The van der Waals surface area contributed by atoms with Gasteiger partial charge in [-0.25, -0.2) is 0 Å². The second kappa shape index (κ2) is 6.28. The van der Waals surface area contributed by atoms with Gasteiger partial charge in [-0.3, -0.25) is 4.79 Å². The lowest BCUT2D eigenvalue weighted by molar-refractivity contribution is 0.0928. The van der Waals surface area contributed by atoms with Gasteiger partial charge in [0.25, 0.3) is 5.91 Å². The van der Waals surface area contributed by atoms with Crippen LogP contribution in [0.25, 0.3) is 0 Å². The number of carbonyl (C=O) groups excluding carboxylic acids is 1. The van der Waals surface area contributed by atoms with Crippen molar-refractivity contribution in [3.8, 4) is 6.07 Å². The lowest BCUT2D eigenvalue weighted by atomic mass is 9.84. The van der Waals surface area contributed by atoms with Gasteiger partial charge < -0.3 is 10.1 Å². The van der Waals surface area contributed by atoms with Gasteiger partial charge in [-0.1, -0.05) is 25.3 Å². The molecule has 2 aliphatic rings. The first-order valence-corrected chi connectivity index (χ1v) is 7.68. The van der Waals surface area contributed by atoms with E-state index in [2.05, 4.69) is 11.4 Å². The smallest absolute Gasteiger partial charge is 0.252 e. The van der Waals surface area contributed by atoms with Crippen molar-refractivity contribution in [3.63, 3.8) is 0 Å². The van der Waals surface area contributed by atoms with Crippen molar-refractivity contribution < 1.29 is 9.53 Å². The maximum Gasteiger partial charge on any atom is 0.252 e. The van der Waals surface area contributed by atoms with Crippen LogP contribution in [-0.4, -0.2) is 11.9 Å². The molecule has 21 heavy (non-hydrogen) atoms. The lowest BCUT2D eigenvalue weighted by Crippen LogP contribution is -2.40. The van der Waals surface area contributed by atoms with Crippen LogP contribution in [0.2, 0.25) is 0 Å². The van der Waals surface area contributed by atoms with E-state index in [1.165, 1.54) is 6.42 Å². The predicted molar refractivity (Wildman–Crippen MR) is 78.4 cm³/mol. The molecular formula is C17H20N2O2. The van der Waals surface area contributed by atoms with Crippen LogP contribution in [0.5, 0.6) is 0 Å². The Labute approximate surface area is 125 Å². The van der Waals surface area contributed by atoms with Gasteiger partial charge in [-0.15, -0.1) is 0 Å². The molecule has 0 spiro atoms. The van der Waals surface area contributed by atoms with E-state index in [1.54, 1.807) is 0 Å². The highest BCUT2D eigenvalue weighted by molar-refractivity contribution is 5.94. The molecule has 110 valence electrons. The molecule has 4 heteroatoms. The van der Waals surface area contributed by atoms with Gasteiger partial charge in [-0.2, -0.15) is 5.26 Å². The van der Waals surface area contributed by atoms with Gasteiger partial charge in [0.1, 0.15) is 6.04 Å². The van der Waals surface area contributed by atoms with Crippen LogP contribution in [0.15, 0.2) is 18.2 Å². The molecular weight excluding hydrogens is 264 g/mol. The number of rotatable bonds is 3. The number of nitrogens with one attached hydrogen (secondary N) is 1. The van der Waals surface area contributed by atoms with Gasteiger partial charge in [0.05, 0.1) is 19.3 Å². The minimum Gasteiger partial charge on any atom is -0.372 e. The van der Waals surface area contributed by atoms with Crippen molar-refractivity contribution in [3.05, 3.63) is 34.9 Å². The molecule has 4 nitrogen and oxygen atoms in total. The zero-order valence-electron chi connectivity index (χ0n) is 12.1. The van der Waals surface area contributed by atoms with E-state index >= 15 is 0 Å². The first kappa shape index (κ1) is 14.1. The largest absolute Gasteiger partial charge is 0.372 e. The summed E-state index contributed by atoms with van der Waals surface area (Å²) < 4.78 is 5.36. The molecule has 1 heterocycles. The normalized spacial score (nSPS) is 19.6. The van der Waals surface area contributed by atoms with Crippen molar-refractivity contribution in [2.24, 2.45) is 5.92 Å². The molecule has 0 bridgehead atoms. The average molecular weight is 284 g/mol. The maximum atomic E-state index is 12.4. The first-order valence-electron chi connectivity index (χ1n) is 7.68. The van der Waals surface area contributed by atoms with Crippen LogP contribution >= 0.6 is 0 Å². The van der Waals surface area contributed by atoms with Crippen molar-refractivity contribution in [1.29, 1.82) is 5.26 Å². The predicted octanol–water partition coefficient (Wildman–Crippen LogP) is 2.92. The van der Waals surface area contributed by atoms with Gasteiger partial charge in [-0.05, 0) is 42.0 Å². The Morgan fingerprint density at radius 1 is 1.24 bits per heavy atom. The molecule has 1 unspecified atom stereocenters. The fourth-order valence-corrected chi connectivity index (χ4v) is 3.26. The van der Waals surface area contributed by atoms with E-state index in [-0.39, 0.29) is 11.9 Å². The summed E-state index contributed by atoms with van der Waals surface area (Å²) in [6.07, 6.45) is 5.64. The van der Waals surface area contributed by atoms with E-state index in [4.69, 9.17) is 4.74 Å². The molecule has 0 radical (unpaired) electrons. The Bertz CT molecular complexity index is 571. The molecule has 0 aromatic heterocycles. The molecule has 1 saturated carbocycles. The van der Waals surface area contributed by atoms with E-state index in [0.717, 1.165) is 36.8 Å². The molecule has 1 aromatic carbocycles. The van der Waals surface area contributed by atoms with Crippen LogP contribution in [0.1, 0.15) is 53.6 Å². The van der Waals surface area contributed by atoms with Crippen LogP contribution in [0.3, 0.4) is 0 Å². The summed E-state index contributed by atoms with van der Waals surface area (Å²) in [5.74, 6) is 0.146. The summed E-state index contributed by atoms with van der Waals surface area (Å²) in [6.45, 7) is 1.20. The summed E-state index contributed by atoms with van der Waals surface area (Å²) in [5.41, 5.74) is 2.85. The highest BCUT2D eigenvalue weighted by Crippen LogP contribution is 2.26. The van der Waals surface area contributed by atoms with Crippen molar-refractivity contribution in [2.45, 2.75) is 51.4 Å². The molecule has 1 atom stereocenters. The topological polar surface area (TPSA) is 62.1 Å². The molecule has 1 aromatic rings. The number of nitrogens with zero attached hydrogens (tertiary/aromatic N) is 1. The van der Waals surface area contributed by atoms with Crippen LogP contribution in [-0.2, 0) is 18.0 Å². The van der Waals surface area contributed by atoms with Gasteiger partial charge in [0, 0.05) is 5.56 Å². The average Bonchev–Trinajstić information content (AvgIpc) is 3.00. The third-order valence-electron chi connectivity index (χ3n) is 4.53. The number of hydrogen-bond donors (Lipinski definition) is 1. The molecule has 1 aliphatic heterocycles. The number of amides is 1. The summed E-state index contributed by atoms with van der Waals surface area (Å²) in [6, 6.07) is 7.54. The molecule has 0 saturated heterocycles. The Kier molecular flexibility index (Phi) is 4.21. The summed E-state index contributed by atoms with van der Waals surface area (Å²) >= 11 is 0. The number of ether oxygens (including phenoxy) is 1. The Hall–Kier alpha value is -1.86. The van der Waals surface area contributed by atoms with Crippen molar-refractivity contribution in [2.75, 3.05) is 0 Å². The second-order valence-electron chi connectivity index (χ2n) is 5.95. The number of fused-ring (bicyclic) bond motifs is 1. The zero-order chi connectivity index (χ0) is 14.7. The summed E-state index contributed by atoms with van der Waals surface area (Å²) in [7, 11) is 0. The number of nitriles is 1. The SMILES string of the molecule is N#CC(NC(=O)c1ccc2c(c1)COC2)C1CCCCC1. The van der Waals surface area contributed by atoms with Crippen molar-refractivity contribution in [1.82, 2.24) is 5.32 Å². The van der Waals surface area contributed by atoms with Gasteiger partial charge in [0.15, 0.2) is 0 Å². The highest BCUT2D eigenvalue weighted by atomic mass is 16.5. The van der Waals surface area contributed by atoms with Crippen LogP contribution < -0.4 is 5.32 Å². The van der Waals surface area contributed by atoms with E-state index in [0.29, 0.717) is 24.7 Å². The molecule has 1 amide bonds. The Morgan fingerprint density at radius 2 is 2.00 bits per heavy atom. The van der Waals surface area contributed by atoms with E-state index in [9.17, 15) is 10.1 Å². The number of carbonyl (C=O) groups is 1. The molecule has 3 rings (SSSR count). The number of hydrogen-bond acceptors (Lipinski definition) is 3. The Morgan fingerprint density at radius 3 is 2.76 bits per heavy atom. The minimum absolute atomic E-state index is 0.151. The van der Waals surface area contributed by atoms with Gasteiger partial charge >= 0.3 is 0 Å². The van der Waals surface area contributed by atoms with Gasteiger partial charge in [0.2, 0.25) is 0 Å². The van der Waals surface area contributed by atoms with E-state index in [1.807, 2.05) is 18.2 Å². The molecule has 1 N–H and O–H groups in total. The molecule has 1 aliphatic carbocycles. The van der Waals surface area contributed by atoms with Crippen molar-refractivity contribution >= 4 is 5.91 Å². The number of benzene rings is 1. The third kappa shape index (κ3) is 3.08. The lowest BCUT2D eigenvalue weighted by Gasteiger charge is -2.26. The van der Waals surface area contributed by atoms with Crippen LogP contribution in [0, 0.1) is 17.2 Å². The molecule has 1 fully saturated rings. The third-order valence-corrected chi connectivity index (χ3v) is 4.53. The van der Waals surface area contributed by atoms with Crippen LogP contribution in [0.4, 0.5) is 0 Å². The fraction of sp³-hybridized carbons (Fsp3) is 0.529. The second-order valence-corrected chi connectivity index (χ2v) is 5.95. The first-order chi connectivity index (χ1) is 10.3. The summed E-state index contributed by atoms with van der Waals surface area (Å²) in [5, 5.41) is 12.2. The highest BCUT2D eigenvalue weighted by Gasteiger charge is 2.25. The Balaban J connectivity index is 1.68. The quantitative estimate of drug-likeness (QED) is 0.928.